The molecule has 1 fully saturated rings. The maximum absolute atomic E-state index is 6.33. The van der Waals surface area contributed by atoms with E-state index < -0.39 is 0 Å². The molecule has 1 aromatic carbocycles. The molecule has 0 bridgehead atoms. The molecule has 0 N–H and O–H groups in total. The van der Waals surface area contributed by atoms with Crippen molar-refractivity contribution in [2.45, 2.75) is 37.8 Å². The van der Waals surface area contributed by atoms with Crippen LogP contribution in [0, 0.1) is 0 Å². The van der Waals surface area contributed by atoms with Crippen LogP contribution in [-0.2, 0) is 6.42 Å². The summed E-state index contributed by atoms with van der Waals surface area (Å²) in [4.78, 5) is 6.68. The van der Waals surface area contributed by atoms with Crippen molar-refractivity contribution in [1.29, 1.82) is 0 Å². The summed E-state index contributed by atoms with van der Waals surface area (Å²) in [5.41, 5.74) is 2.81. The Morgan fingerprint density at radius 1 is 1.14 bits per heavy atom. The molecule has 21 heavy (non-hydrogen) atoms. The number of nitrogens with zero attached hydrogens (tertiary/aromatic N) is 4. The Balaban J connectivity index is 1.47. The van der Waals surface area contributed by atoms with Crippen LogP contribution in [0.3, 0.4) is 0 Å². The minimum atomic E-state index is 0.504. The van der Waals surface area contributed by atoms with Gasteiger partial charge in [0.1, 0.15) is 12.7 Å². The molecular weight excluding hydrogens is 284 g/mol. The number of halogens is 1. The van der Waals surface area contributed by atoms with Gasteiger partial charge in [-0.3, -0.25) is 4.90 Å². The normalized spacial score (nSPS) is 23.4. The molecule has 2 aromatic rings. The summed E-state index contributed by atoms with van der Waals surface area (Å²) in [7, 11) is 0. The van der Waals surface area contributed by atoms with Crippen molar-refractivity contribution in [2.75, 3.05) is 13.1 Å². The first-order valence-electron chi connectivity index (χ1n) is 7.68. The van der Waals surface area contributed by atoms with Crippen molar-refractivity contribution < 1.29 is 0 Å². The summed E-state index contributed by atoms with van der Waals surface area (Å²) in [5, 5.41) is 5.22. The maximum atomic E-state index is 6.33. The van der Waals surface area contributed by atoms with E-state index in [-0.39, 0.29) is 0 Å². The topological polar surface area (TPSA) is 34.0 Å². The first kappa shape index (κ1) is 13.3. The van der Waals surface area contributed by atoms with Crippen LogP contribution in [-0.4, -0.2) is 32.8 Å². The second-order valence-corrected chi connectivity index (χ2v) is 6.41. The zero-order valence-electron chi connectivity index (χ0n) is 12.0. The third-order valence-corrected chi connectivity index (χ3v) is 5.29. The highest BCUT2D eigenvalue weighted by molar-refractivity contribution is 6.31. The number of benzene rings is 1. The Morgan fingerprint density at radius 2 is 2.00 bits per heavy atom. The lowest BCUT2D eigenvalue weighted by molar-refractivity contribution is 0.130. The third-order valence-electron chi connectivity index (χ3n) is 4.93. The first-order valence-corrected chi connectivity index (χ1v) is 8.06. The number of fused-ring (bicyclic) bond motifs is 1. The van der Waals surface area contributed by atoms with Gasteiger partial charge >= 0.3 is 0 Å². The first-order chi connectivity index (χ1) is 10.3. The molecule has 1 aliphatic carbocycles. The Hall–Kier alpha value is -1.39. The average molecular weight is 303 g/mol. The van der Waals surface area contributed by atoms with Gasteiger partial charge in [0.15, 0.2) is 0 Å². The summed E-state index contributed by atoms with van der Waals surface area (Å²) < 4.78 is 2.01. The molecule has 0 spiro atoms. The predicted octanol–water partition coefficient (Wildman–Crippen LogP) is 3.26. The Kier molecular flexibility index (Phi) is 3.43. The number of aromatic nitrogens is 3. The van der Waals surface area contributed by atoms with Gasteiger partial charge < -0.3 is 0 Å². The zero-order valence-corrected chi connectivity index (χ0v) is 12.7. The van der Waals surface area contributed by atoms with Gasteiger partial charge in [-0.15, -0.1) is 0 Å². The van der Waals surface area contributed by atoms with Crippen LogP contribution in [0.4, 0.5) is 0 Å². The monoisotopic (exact) mass is 302 g/mol. The van der Waals surface area contributed by atoms with Crippen molar-refractivity contribution in [3.05, 3.63) is 47.0 Å². The van der Waals surface area contributed by atoms with Crippen molar-refractivity contribution >= 4 is 11.6 Å². The molecule has 2 heterocycles. The van der Waals surface area contributed by atoms with E-state index in [0.29, 0.717) is 12.1 Å². The smallest absolute Gasteiger partial charge is 0.137 e. The van der Waals surface area contributed by atoms with E-state index in [4.69, 9.17) is 11.6 Å². The van der Waals surface area contributed by atoms with E-state index in [1.165, 1.54) is 17.5 Å². The average Bonchev–Trinajstić information content (AvgIpc) is 3.18. The highest BCUT2D eigenvalue weighted by atomic mass is 35.5. The van der Waals surface area contributed by atoms with E-state index in [2.05, 4.69) is 27.1 Å². The molecule has 1 aromatic heterocycles. The summed E-state index contributed by atoms with van der Waals surface area (Å²) >= 11 is 6.33. The van der Waals surface area contributed by atoms with Gasteiger partial charge in [0.25, 0.3) is 0 Å². The Bertz CT molecular complexity index is 617. The fraction of sp³-hybridized carbons (Fsp3) is 0.500. The lowest BCUT2D eigenvalue weighted by Crippen LogP contribution is -2.36. The SMILES string of the molecule is Clc1cccc2c1CCC2N1CCC(n2cncn2)CC1. The molecular formula is C16H19ClN4. The molecule has 0 radical (unpaired) electrons. The van der Waals surface area contributed by atoms with Gasteiger partial charge in [0, 0.05) is 24.2 Å². The molecule has 0 saturated carbocycles. The molecule has 0 amide bonds. The quantitative estimate of drug-likeness (QED) is 0.854. The van der Waals surface area contributed by atoms with Crippen LogP contribution >= 0.6 is 11.6 Å². The van der Waals surface area contributed by atoms with E-state index in [1.54, 1.807) is 6.33 Å². The van der Waals surface area contributed by atoms with Crippen molar-refractivity contribution in [3.8, 4) is 0 Å². The number of rotatable bonds is 2. The number of hydrogen-bond donors (Lipinski definition) is 0. The van der Waals surface area contributed by atoms with Crippen LogP contribution in [0.5, 0.6) is 0 Å². The van der Waals surface area contributed by atoms with Crippen LogP contribution in [0.15, 0.2) is 30.9 Å². The summed E-state index contributed by atoms with van der Waals surface area (Å²) in [6.07, 6.45) is 8.08. The van der Waals surface area contributed by atoms with E-state index in [0.717, 1.165) is 37.4 Å². The molecule has 1 saturated heterocycles. The summed E-state index contributed by atoms with van der Waals surface area (Å²) in [6, 6.07) is 7.41. The fourth-order valence-corrected chi connectivity index (χ4v) is 4.11. The minimum absolute atomic E-state index is 0.504. The fourth-order valence-electron chi connectivity index (χ4n) is 3.84. The molecule has 5 heteroatoms. The molecule has 4 rings (SSSR count). The lowest BCUT2D eigenvalue weighted by Gasteiger charge is -2.36. The molecule has 110 valence electrons. The van der Waals surface area contributed by atoms with Crippen LogP contribution < -0.4 is 0 Å². The number of likely N-dealkylation sites (tertiary alicyclic amines) is 1. The Labute approximate surface area is 129 Å². The van der Waals surface area contributed by atoms with Crippen molar-refractivity contribution in [2.24, 2.45) is 0 Å². The standard InChI is InChI=1S/C16H19ClN4/c17-15-3-1-2-14-13(15)4-5-16(14)20-8-6-12(7-9-20)21-11-18-10-19-21/h1-3,10-12,16H,4-9H2. The van der Waals surface area contributed by atoms with Gasteiger partial charge in [-0.1, -0.05) is 23.7 Å². The minimum Gasteiger partial charge on any atom is -0.296 e. The molecule has 1 atom stereocenters. The van der Waals surface area contributed by atoms with Crippen LogP contribution in [0.25, 0.3) is 0 Å². The van der Waals surface area contributed by atoms with Gasteiger partial charge in [-0.05, 0) is 42.9 Å². The molecule has 4 nitrogen and oxygen atoms in total. The van der Waals surface area contributed by atoms with Crippen LogP contribution in [0.1, 0.15) is 42.5 Å². The number of hydrogen-bond acceptors (Lipinski definition) is 3. The lowest BCUT2D eigenvalue weighted by atomic mass is 10.0. The van der Waals surface area contributed by atoms with Gasteiger partial charge in [-0.25, -0.2) is 9.67 Å². The second-order valence-electron chi connectivity index (χ2n) is 6.00. The van der Waals surface area contributed by atoms with E-state index >= 15 is 0 Å². The highest BCUT2D eigenvalue weighted by Crippen LogP contribution is 2.40. The summed E-state index contributed by atoms with van der Waals surface area (Å²) in [6.45, 7) is 2.25. The van der Waals surface area contributed by atoms with Crippen molar-refractivity contribution in [3.63, 3.8) is 0 Å². The maximum Gasteiger partial charge on any atom is 0.137 e. The van der Waals surface area contributed by atoms with E-state index in [1.807, 2.05) is 17.1 Å². The van der Waals surface area contributed by atoms with E-state index in [9.17, 15) is 0 Å². The molecule has 1 aliphatic heterocycles. The van der Waals surface area contributed by atoms with Gasteiger partial charge in [0.2, 0.25) is 0 Å². The zero-order chi connectivity index (χ0) is 14.2. The van der Waals surface area contributed by atoms with Crippen LogP contribution in [0.2, 0.25) is 5.02 Å². The number of piperidine rings is 1. The predicted molar refractivity (Wildman–Crippen MR) is 82.4 cm³/mol. The highest BCUT2D eigenvalue weighted by Gasteiger charge is 2.32. The third kappa shape index (κ3) is 2.36. The molecule has 2 aliphatic rings. The van der Waals surface area contributed by atoms with Crippen molar-refractivity contribution in [1.82, 2.24) is 19.7 Å². The van der Waals surface area contributed by atoms with Gasteiger partial charge in [0.05, 0.1) is 6.04 Å². The Morgan fingerprint density at radius 3 is 2.76 bits per heavy atom. The van der Waals surface area contributed by atoms with Gasteiger partial charge in [-0.2, -0.15) is 5.10 Å². The second kappa shape index (κ2) is 5.43. The summed E-state index contributed by atoms with van der Waals surface area (Å²) in [5.74, 6) is 0. The largest absolute Gasteiger partial charge is 0.296 e. The molecule has 1 unspecified atom stereocenters.